The van der Waals surface area contributed by atoms with Crippen molar-refractivity contribution in [2.75, 3.05) is 12.4 Å². The molecule has 0 aliphatic rings. The molecule has 1 unspecified atom stereocenters. The molecule has 1 aromatic heterocycles. The van der Waals surface area contributed by atoms with Crippen molar-refractivity contribution in [3.05, 3.63) is 47.7 Å². The minimum absolute atomic E-state index is 0.00668. The van der Waals surface area contributed by atoms with Gasteiger partial charge >= 0.3 is 6.03 Å². The van der Waals surface area contributed by atoms with Gasteiger partial charge in [-0.3, -0.25) is 10.00 Å². The van der Waals surface area contributed by atoms with E-state index in [0.29, 0.717) is 5.82 Å². The Balaban J connectivity index is 2.03. The lowest BCUT2D eigenvalue weighted by Crippen LogP contribution is -2.33. The van der Waals surface area contributed by atoms with Crippen LogP contribution >= 0.6 is 0 Å². The topological polar surface area (TPSA) is 50.2 Å². The van der Waals surface area contributed by atoms with Gasteiger partial charge in [0.15, 0.2) is 5.82 Å². The van der Waals surface area contributed by atoms with Crippen LogP contribution in [0.25, 0.3) is 0 Å². The van der Waals surface area contributed by atoms with Crippen molar-refractivity contribution in [1.82, 2.24) is 14.7 Å². The molecule has 1 atom stereocenters. The molecule has 5 heteroatoms. The van der Waals surface area contributed by atoms with Crippen LogP contribution in [-0.4, -0.2) is 27.8 Å². The maximum absolute atomic E-state index is 12.3. The fourth-order valence-corrected chi connectivity index (χ4v) is 2.13. The molecule has 2 amide bonds. The summed E-state index contributed by atoms with van der Waals surface area (Å²) in [6.45, 7) is 8.15. The van der Waals surface area contributed by atoms with E-state index in [1.54, 1.807) is 11.9 Å². The minimum atomic E-state index is -0.165. The van der Waals surface area contributed by atoms with E-state index >= 15 is 0 Å². The second-order valence-electron chi connectivity index (χ2n) is 5.90. The second kappa shape index (κ2) is 6.64. The zero-order chi connectivity index (χ0) is 16.3. The first-order chi connectivity index (χ1) is 10.4. The average molecular weight is 300 g/mol. The molecule has 0 saturated heterocycles. The number of rotatable bonds is 4. The summed E-state index contributed by atoms with van der Waals surface area (Å²) in [6.07, 6.45) is 1.86. The molecule has 22 heavy (non-hydrogen) atoms. The third-order valence-electron chi connectivity index (χ3n) is 3.83. The third kappa shape index (κ3) is 3.67. The second-order valence-corrected chi connectivity index (χ2v) is 5.90. The Hall–Kier alpha value is -2.30. The largest absolute Gasteiger partial charge is 0.323 e. The van der Waals surface area contributed by atoms with Crippen molar-refractivity contribution in [1.29, 1.82) is 0 Å². The lowest BCUT2D eigenvalue weighted by Gasteiger charge is -2.25. The highest BCUT2D eigenvalue weighted by Gasteiger charge is 2.18. The first-order valence-corrected chi connectivity index (χ1v) is 7.54. The summed E-state index contributed by atoms with van der Waals surface area (Å²) in [4.78, 5) is 14.0. The molecule has 2 rings (SSSR count). The number of hydrogen-bond donors (Lipinski definition) is 1. The fraction of sp³-hybridized carbons (Fsp3) is 0.412. The van der Waals surface area contributed by atoms with E-state index in [9.17, 15) is 4.79 Å². The molecule has 0 saturated carbocycles. The van der Waals surface area contributed by atoms with Crippen LogP contribution in [0.3, 0.4) is 0 Å². The highest BCUT2D eigenvalue weighted by Crippen LogP contribution is 2.20. The molecule has 118 valence electrons. The van der Waals surface area contributed by atoms with Crippen molar-refractivity contribution < 1.29 is 4.79 Å². The summed E-state index contributed by atoms with van der Waals surface area (Å²) < 4.78 is 1.82. The molecule has 2 aromatic rings. The number of aryl methyl sites for hydroxylation is 1. The first-order valence-electron chi connectivity index (χ1n) is 7.54. The van der Waals surface area contributed by atoms with Crippen LogP contribution in [0.15, 0.2) is 36.5 Å². The molecular formula is C17H24N4O. The van der Waals surface area contributed by atoms with Crippen LogP contribution in [0.4, 0.5) is 10.6 Å². The van der Waals surface area contributed by atoms with Gasteiger partial charge in [0, 0.05) is 25.4 Å². The molecule has 1 N–H and O–H groups in total. The van der Waals surface area contributed by atoms with Crippen LogP contribution in [0.1, 0.15) is 44.0 Å². The van der Waals surface area contributed by atoms with Gasteiger partial charge in [0.25, 0.3) is 0 Å². The van der Waals surface area contributed by atoms with Gasteiger partial charge in [-0.05, 0) is 33.3 Å². The van der Waals surface area contributed by atoms with Crippen molar-refractivity contribution in [3.63, 3.8) is 0 Å². The Morgan fingerprint density at radius 2 is 1.82 bits per heavy atom. The van der Waals surface area contributed by atoms with E-state index in [2.05, 4.69) is 41.6 Å². The van der Waals surface area contributed by atoms with Gasteiger partial charge in [-0.1, -0.05) is 29.8 Å². The van der Waals surface area contributed by atoms with Gasteiger partial charge in [0.05, 0.1) is 6.04 Å². The summed E-state index contributed by atoms with van der Waals surface area (Å²) in [5, 5.41) is 7.17. The normalized spacial score (nSPS) is 12.3. The molecule has 0 bridgehead atoms. The van der Waals surface area contributed by atoms with Crippen LogP contribution in [-0.2, 0) is 0 Å². The van der Waals surface area contributed by atoms with Gasteiger partial charge in [0.2, 0.25) is 0 Å². The number of carbonyl (C=O) groups excluding carboxylic acids is 1. The molecular weight excluding hydrogens is 276 g/mol. The maximum atomic E-state index is 12.3. The number of nitrogens with zero attached hydrogens (tertiary/aromatic N) is 3. The van der Waals surface area contributed by atoms with E-state index in [4.69, 9.17) is 0 Å². The lowest BCUT2D eigenvalue weighted by molar-refractivity contribution is 0.208. The van der Waals surface area contributed by atoms with Crippen molar-refractivity contribution in [2.24, 2.45) is 0 Å². The quantitative estimate of drug-likeness (QED) is 0.928. The molecule has 0 aliphatic heterocycles. The van der Waals surface area contributed by atoms with E-state index in [1.165, 1.54) is 5.56 Å². The highest BCUT2D eigenvalue weighted by atomic mass is 16.2. The Labute approximate surface area is 131 Å². The first kappa shape index (κ1) is 16.1. The number of aromatic nitrogens is 2. The number of nitrogens with one attached hydrogen (secondary N) is 1. The highest BCUT2D eigenvalue weighted by molar-refractivity contribution is 5.88. The molecule has 1 heterocycles. The summed E-state index contributed by atoms with van der Waals surface area (Å²) in [5.74, 6) is 0.571. The Bertz CT molecular complexity index is 630. The third-order valence-corrected chi connectivity index (χ3v) is 3.83. The zero-order valence-electron chi connectivity index (χ0n) is 13.9. The maximum Gasteiger partial charge on any atom is 0.323 e. The van der Waals surface area contributed by atoms with Crippen LogP contribution in [0, 0.1) is 6.92 Å². The van der Waals surface area contributed by atoms with Crippen molar-refractivity contribution in [3.8, 4) is 0 Å². The van der Waals surface area contributed by atoms with E-state index < -0.39 is 0 Å². The number of amides is 2. The van der Waals surface area contributed by atoms with Gasteiger partial charge in [-0.15, -0.1) is 0 Å². The molecule has 0 spiro atoms. The summed E-state index contributed by atoms with van der Waals surface area (Å²) >= 11 is 0. The smallest absolute Gasteiger partial charge is 0.321 e. The van der Waals surface area contributed by atoms with E-state index in [1.807, 2.05) is 37.7 Å². The molecule has 1 aromatic carbocycles. The molecule has 0 radical (unpaired) electrons. The molecule has 5 nitrogen and oxygen atoms in total. The summed E-state index contributed by atoms with van der Waals surface area (Å²) in [6, 6.07) is 10.1. The number of carbonyl (C=O) groups is 1. The SMILES string of the molecule is Cc1ccc(C(C)N(C)C(=O)Nc2ccn(C(C)C)n2)cc1. The van der Waals surface area contributed by atoms with Crippen LogP contribution in [0.2, 0.25) is 0 Å². The fourth-order valence-electron chi connectivity index (χ4n) is 2.13. The minimum Gasteiger partial charge on any atom is -0.321 e. The van der Waals surface area contributed by atoms with E-state index in [0.717, 1.165) is 5.56 Å². The molecule has 0 fully saturated rings. The number of hydrogen-bond acceptors (Lipinski definition) is 2. The Kier molecular flexibility index (Phi) is 4.85. The summed E-state index contributed by atoms with van der Waals surface area (Å²) in [5.41, 5.74) is 2.32. The molecule has 0 aliphatic carbocycles. The van der Waals surface area contributed by atoms with E-state index in [-0.39, 0.29) is 18.1 Å². The van der Waals surface area contributed by atoms with Crippen LogP contribution in [0.5, 0.6) is 0 Å². The predicted octanol–water partition coefficient (Wildman–Crippen LogP) is 4.00. The summed E-state index contributed by atoms with van der Waals surface area (Å²) in [7, 11) is 1.79. The average Bonchev–Trinajstić information content (AvgIpc) is 2.95. The predicted molar refractivity (Wildman–Crippen MR) is 89.0 cm³/mol. The van der Waals surface area contributed by atoms with Gasteiger partial charge in [-0.2, -0.15) is 5.10 Å². The zero-order valence-corrected chi connectivity index (χ0v) is 13.9. The van der Waals surface area contributed by atoms with Crippen LogP contribution < -0.4 is 5.32 Å². The Morgan fingerprint density at radius 3 is 2.36 bits per heavy atom. The van der Waals surface area contributed by atoms with Crippen molar-refractivity contribution >= 4 is 11.8 Å². The van der Waals surface area contributed by atoms with Gasteiger partial charge in [0.1, 0.15) is 0 Å². The van der Waals surface area contributed by atoms with Crippen molar-refractivity contribution in [2.45, 2.75) is 39.8 Å². The Morgan fingerprint density at radius 1 is 1.18 bits per heavy atom. The lowest BCUT2D eigenvalue weighted by atomic mass is 10.1. The number of anilines is 1. The monoisotopic (exact) mass is 300 g/mol. The number of urea groups is 1. The number of benzene rings is 1. The van der Waals surface area contributed by atoms with Gasteiger partial charge < -0.3 is 4.90 Å². The standard InChI is InChI=1S/C17H24N4O/c1-12(2)21-11-10-16(19-21)18-17(22)20(5)14(4)15-8-6-13(3)7-9-15/h6-12,14H,1-5H3,(H,18,19,22). The van der Waals surface area contributed by atoms with Gasteiger partial charge in [-0.25, -0.2) is 4.79 Å².